The first kappa shape index (κ1) is 13.6. The van der Waals surface area contributed by atoms with E-state index >= 15 is 0 Å². The minimum absolute atomic E-state index is 0.0242. The van der Waals surface area contributed by atoms with E-state index < -0.39 is 23.8 Å². The number of carboxylic acid groups (broad SMARTS) is 1. The number of morpholine rings is 1. The highest BCUT2D eigenvalue weighted by molar-refractivity contribution is 5.73. The van der Waals surface area contributed by atoms with Crippen LogP contribution in [0.5, 0.6) is 0 Å². The summed E-state index contributed by atoms with van der Waals surface area (Å²) in [7, 11) is 0. The molecule has 2 heterocycles. The van der Waals surface area contributed by atoms with Gasteiger partial charge >= 0.3 is 12.1 Å². The minimum Gasteiger partial charge on any atom is -0.479 e. The van der Waals surface area contributed by atoms with Crippen molar-refractivity contribution in [1.29, 1.82) is 0 Å². The second-order valence-corrected chi connectivity index (χ2v) is 4.04. The van der Waals surface area contributed by atoms with E-state index in [0.29, 0.717) is 6.54 Å². The highest BCUT2D eigenvalue weighted by atomic mass is 19.4. The summed E-state index contributed by atoms with van der Waals surface area (Å²) in [6, 6.07) is 1.78. The lowest BCUT2D eigenvalue weighted by molar-refractivity contribution is -0.151. The van der Waals surface area contributed by atoms with Crippen LogP contribution in [0.1, 0.15) is 5.56 Å². The first-order valence-corrected chi connectivity index (χ1v) is 5.50. The van der Waals surface area contributed by atoms with Gasteiger partial charge in [0.25, 0.3) is 0 Å². The molecule has 104 valence electrons. The van der Waals surface area contributed by atoms with Crippen LogP contribution in [0.25, 0.3) is 0 Å². The van der Waals surface area contributed by atoms with E-state index in [-0.39, 0.29) is 19.0 Å². The SMILES string of the molecule is O=C(O)[C@@H]1CN(c2cc(C(F)(F)F)ccn2)CCO1. The number of carbonyl (C=O) groups is 1. The maximum absolute atomic E-state index is 12.6. The van der Waals surface area contributed by atoms with Crippen molar-refractivity contribution in [2.75, 3.05) is 24.6 Å². The molecule has 1 saturated heterocycles. The highest BCUT2D eigenvalue weighted by Crippen LogP contribution is 2.31. The molecule has 0 spiro atoms. The number of anilines is 1. The maximum Gasteiger partial charge on any atom is 0.416 e. The van der Waals surface area contributed by atoms with Crippen LogP contribution in [0, 0.1) is 0 Å². The molecule has 1 aliphatic heterocycles. The fraction of sp³-hybridized carbons (Fsp3) is 0.455. The largest absolute Gasteiger partial charge is 0.479 e. The van der Waals surface area contributed by atoms with Crippen LogP contribution in [0.3, 0.4) is 0 Å². The van der Waals surface area contributed by atoms with Gasteiger partial charge in [-0.2, -0.15) is 13.2 Å². The van der Waals surface area contributed by atoms with Gasteiger partial charge in [0.15, 0.2) is 6.10 Å². The smallest absolute Gasteiger partial charge is 0.416 e. The highest BCUT2D eigenvalue weighted by Gasteiger charge is 2.32. The number of aromatic nitrogens is 1. The molecular formula is C11H11F3N2O3. The molecule has 0 unspecified atom stereocenters. The van der Waals surface area contributed by atoms with Gasteiger partial charge in [-0.05, 0) is 12.1 Å². The van der Waals surface area contributed by atoms with Gasteiger partial charge in [0.05, 0.1) is 18.7 Å². The van der Waals surface area contributed by atoms with Crippen LogP contribution in [0.15, 0.2) is 18.3 Å². The van der Waals surface area contributed by atoms with Gasteiger partial charge in [0.2, 0.25) is 0 Å². The van der Waals surface area contributed by atoms with E-state index in [2.05, 4.69) is 4.98 Å². The lowest BCUT2D eigenvalue weighted by Gasteiger charge is -2.31. The summed E-state index contributed by atoms with van der Waals surface area (Å²) in [5.74, 6) is -1.04. The van der Waals surface area contributed by atoms with Crippen LogP contribution in [0.4, 0.5) is 19.0 Å². The fourth-order valence-electron chi connectivity index (χ4n) is 1.77. The third kappa shape index (κ3) is 3.14. The number of nitrogens with zero attached hydrogens (tertiary/aromatic N) is 2. The van der Waals surface area contributed by atoms with Gasteiger partial charge in [0, 0.05) is 12.7 Å². The molecule has 0 saturated carbocycles. The van der Waals surface area contributed by atoms with Crippen LogP contribution < -0.4 is 4.90 Å². The Hall–Kier alpha value is -1.83. The Bertz CT molecular complexity index is 478. The molecule has 2 rings (SSSR count). The molecule has 1 aromatic rings. The number of alkyl halides is 3. The average molecular weight is 276 g/mol. The number of ether oxygens (including phenoxy) is 1. The molecule has 19 heavy (non-hydrogen) atoms. The Morgan fingerprint density at radius 1 is 1.53 bits per heavy atom. The molecule has 1 atom stereocenters. The van der Waals surface area contributed by atoms with Gasteiger partial charge < -0.3 is 14.7 Å². The number of carboxylic acids is 1. The topological polar surface area (TPSA) is 62.7 Å². The summed E-state index contributed by atoms with van der Waals surface area (Å²) in [6.45, 7) is 0.413. The Kier molecular flexibility index (Phi) is 3.61. The van der Waals surface area contributed by atoms with E-state index in [1.807, 2.05) is 0 Å². The third-order valence-corrected chi connectivity index (χ3v) is 2.74. The molecule has 0 bridgehead atoms. The van der Waals surface area contributed by atoms with Crippen LogP contribution in [0.2, 0.25) is 0 Å². The lowest BCUT2D eigenvalue weighted by Crippen LogP contribution is -2.46. The van der Waals surface area contributed by atoms with E-state index in [1.165, 1.54) is 4.90 Å². The molecule has 5 nitrogen and oxygen atoms in total. The van der Waals surface area contributed by atoms with Crippen LogP contribution in [-0.4, -0.2) is 41.9 Å². The summed E-state index contributed by atoms with van der Waals surface area (Å²) in [4.78, 5) is 16.1. The monoisotopic (exact) mass is 276 g/mol. The zero-order valence-electron chi connectivity index (χ0n) is 9.72. The summed E-state index contributed by atoms with van der Waals surface area (Å²) in [5, 5.41) is 8.83. The summed E-state index contributed by atoms with van der Waals surface area (Å²) in [5.41, 5.74) is -0.809. The Labute approximate surface area is 106 Å². The fourth-order valence-corrected chi connectivity index (χ4v) is 1.77. The number of rotatable bonds is 2. The molecule has 1 aromatic heterocycles. The summed E-state index contributed by atoms with van der Waals surface area (Å²) in [6.07, 6.45) is -4.44. The first-order valence-electron chi connectivity index (χ1n) is 5.50. The molecule has 0 aromatic carbocycles. The number of hydrogen-bond donors (Lipinski definition) is 1. The van der Waals surface area contributed by atoms with Crippen molar-refractivity contribution >= 4 is 11.8 Å². The number of pyridine rings is 1. The van der Waals surface area contributed by atoms with Gasteiger partial charge in [-0.25, -0.2) is 9.78 Å². The second kappa shape index (κ2) is 5.04. The van der Waals surface area contributed by atoms with E-state index in [9.17, 15) is 18.0 Å². The standard InChI is InChI=1S/C11H11F3N2O3/c12-11(13,14)7-1-2-15-9(5-7)16-3-4-19-8(6-16)10(17)18/h1-2,5,8H,3-4,6H2,(H,17,18)/t8-/m0/s1. The van der Waals surface area contributed by atoms with E-state index in [4.69, 9.17) is 9.84 Å². The van der Waals surface area contributed by atoms with Crippen molar-refractivity contribution in [3.8, 4) is 0 Å². The van der Waals surface area contributed by atoms with Crippen molar-refractivity contribution in [3.63, 3.8) is 0 Å². The average Bonchev–Trinajstić information content (AvgIpc) is 2.38. The van der Waals surface area contributed by atoms with E-state index in [1.54, 1.807) is 0 Å². The Balaban J connectivity index is 2.20. The van der Waals surface area contributed by atoms with Gasteiger partial charge in [-0.3, -0.25) is 0 Å². The molecule has 1 N–H and O–H groups in total. The second-order valence-electron chi connectivity index (χ2n) is 4.04. The molecule has 1 fully saturated rings. The van der Waals surface area contributed by atoms with E-state index in [0.717, 1.165) is 18.3 Å². The van der Waals surface area contributed by atoms with Crippen molar-refractivity contribution in [3.05, 3.63) is 23.9 Å². The quantitative estimate of drug-likeness (QED) is 0.884. The molecular weight excluding hydrogens is 265 g/mol. The third-order valence-electron chi connectivity index (χ3n) is 2.74. The van der Waals surface area contributed by atoms with Crippen LogP contribution >= 0.6 is 0 Å². The number of hydrogen-bond acceptors (Lipinski definition) is 4. The predicted octanol–water partition coefficient (Wildman–Crippen LogP) is 1.39. The van der Waals surface area contributed by atoms with Gasteiger partial charge in [-0.1, -0.05) is 0 Å². The van der Waals surface area contributed by atoms with Crippen molar-refractivity contribution < 1.29 is 27.8 Å². The Morgan fingerprint density at radius 2 is 2.26 bits per heavy atom. The lowest BCUT2D eigenvalue weighted by atomic mass is 10.2. The Morgan fingerprint density at radius 3 is 2.89 bits per heavy atom. The zero-order chi connectivity index (χ0) is 14.0. The minimum atomic E-state index is -4.45. The molecule has 0 radical (unpaired) electrons. The molecule has 0 amide bonds. The number of halogens is 3. The molecule has 1 aliphatic rings. The maximum atomic E-state index is 12.6. The number of aliphatic carboxylic acids is 1. The normalized spacial score (nSPS) is 20.4. The zero-order valence-corrected chi connectivity index (χ0v) is 9.72. The molecule has 8 heteroatoms. The summed E-state index contributed by atoms with van der Waals surface area (Å²) < 4.78 is 42.7. The van der Waals surface area contributed by atoms with Gasteiger partial charge in [0.1, 0.15) is 5.82 Å². The van der Waals surface area contributed by atoms with Crippen molar-refractivity contribution in [2.24, 2.45) is 0 Å². The van der Waals surface area contributed by atoms with Gasteiger partial charge in [-0.15, -0.1) is 0 Å². The van der Waals surface area contributed by atoms with Crippen molar-refractivity contribution in [2.45, 2.75) is 12.3 Å². The van der Waals surface area contributed by atoms with Crippen LogP contribution in [-0.2, 0) is 15.7 Å². The first-order chi connectivity index (χ1) is 8.88. The summed E-state index contributed by atoms with van der Waals surface area (Å²) >= 11 is 0. The molecule has 0 aliphatic carbocycles. The van der Waals surface area contributed by atoms with Crippen molar-refractivity contribution in [1.82, 2.24) is 4.98 Å². The predicted molar refractivity (Wildman–Crippen MR) is 58.8 cm³/mol.